The molecule has 20 heavy (non-hydrogen) atoms. The average Bonchev–Trinajstić information content (AvgIpc) is 2.37. The number of ether oxygens (including phenoxy) is 3. The lowest BCUT2D eigenvalue weighted by molar-refractivity contribution is -0.138. The molecule has 0 N–H and O–H groups in total. The lowest BCUT2D eigenvalue weighted by atomic mass is 10.1. The maximum atomic E-state index is 11.6. The van der Waals surface area contributed by atoms with Gasteiger partial charge in [-0.2, -0.15) is 0 Å². The van der Waals surface area contributed by atoms with Crippen molar-refractivity contribution in [3.63, 3.8) is 0 Å². The topological polar surface area (TPSA) is 44.8 Å². The first-order valence-electron chi connectivity index (χ1n) is 7.28. The molecule has 0 aliphatic rings. The monoisotopic (exact) mass is 284 g/mol. The fourth-order valence-corrected chi connectivity index (χ4v) is 1.69. The quantitative estimate of drug-likeness (QED) is 0.266. The summed E-state index contributed by atoms with van der Waals surface area (Å²) in [6, 6.07) is 0. The molecule has 0 bridgehead atoms. The van der Waals surface area contributed by atoms with Gasteiger partial charge in [0.05, 0.1) is 6.61 Å². The predicted octanol–water partition coefficient (Wildman–Crippen LogP) is 3.62. The van der Waals surface area contributed by atoms with E-state index in [9.17, 15) is 4.79 Å². The third-order valence-electron chi connectivity index (χ3n) is 2.51. The second-order valence-corrected chi connectivity index (χ2v) is 4.53. The average molecular weight is 284 g/mol. The third kappa shape index (κ3) is 8.88. The Hall–Kier alpha value is -1.13. The summed E-state index contributed by atoms with van der Waals surface area (Å²) in [5.41, 5.74) is 2.08. The summed E-state index contributed by atoms with van der Waals surface area (Å²) in [6.45, 7) is 11.1. The molecule has 0 saturated carbocycles. The third-order valence-corrected chi connectivity index (χ3v) is 2.51. The van der Waals surface area contributed by atoms with Crippen molar-refractivity contribution in [3.8, 4) is 0 Å². The van der Waals surface area contributed by atoms with Crippen LogP contribution in [0.25, 0.3) is 0 Å². The Morgan fingerprint density at radius 1 is 1.05 bits per heavy atom. The Morgan fingerprint density at radius 3 is 2.10 bits per heavy atom. The molecule has 0 spiro atoms. The summed E-state index contributed by atoms with van der Waals surface area (Å²) in [7, 11) is 0. The van der Waals surface area contributed by atoms with Crippen LogP contribution in [0.15, 0.2) is 23.3 Å². The second-order valence-electron chi connectivity index (χ2n) is 4.53. The van der Waals surface area contributed by atoms with E-state index in [1.54, 1.807) is 6.92 Å². The van der Waals surface area contributed by atoms with Gasteiger partial charge in [0.2, 0.25) is 0 Å². The van der Waals surface area contributed by atoms with E-state index in [0.29, 0.717) is 26.2 Å². The molecule has 0 heterocycles. The van der Waals surface area contributed by atoms with Gasteiger partial charge < -0.3 is 14.2 Å². The van der Waals surface area contributed by atoms with Gasteiger partial charge in [-0.15, -0.1) is 0 Å². The number of esters is 1. The zero-order valence-electron chi connectivity index (χ0n) is 13.4. The molecule has 116 valence electrons. The van der Waals surface area contributed by atoms with Gasteiger partial charge >= 0.3 is 5.97 Å². The molecule has 0 aromatic heterocycles. The van der Waals surface area contributed by atoms with Crippen molar-refractivity contribution in [3.05, 3.63) is 23.3 Å². The normalized spacial score (nSPS) is 11.6. The number of carbonyl (C=O) groups excluding carboxylic acids is 1. The van der Waals surface area contributed by atoms with Crippen LogP contribution >= 0.6 is 0 Å². The van der Waals surface area contributed by atoms with Crippen molar-refractivity contribution in [2.45, 2.75) is 53.8 Å². The molecule has 0 radical (unpaired) electrons. The van der Waals surface area contributed by atoms with Crippen molar-refractivity contribution in [1.29, 1.82) is 0 Å². The van der Waals surface area contributed by atoms with Gasteiger partial charge in [0.1, 0.15) is 0 Å². The van der Waals surface area contributed by atoms with Gasteiger partial charge in [-0.05, 0) is 53.0 Å². The van der Waals surface area contributed by atoms with Crippen molar-refractivity contribution >= 4 is 5.97 Å². The predicted molar refractivity (Wildman–Crippen MR) is 80.4 cm³/mol. The smallest absolute Gasteiger partial charge is 0.330 e. The molecule has 0 rings (SSSR count). The Morgan fingerprint density at radius 2 is 1.65 bits per heavy atom. The van der Waals surface area contributed by atoms with Crippen LogP contribution in [0.4, 0.5) is 0 Å². The Bertz CT molecular complexity index is 321. The molecule has 4 nitrogen and oxygen atoms in total. The Labute approximate surface area is 122 Å². The fourth-order valence-electron chi connectivity index (χ4n) is 1.69. The van der Waals surface area contributed by atoms with E-state index < -0.39 is 6.29 Å². The van der Waals surface area contributed by atoms with E-state index in [2.05, 4.69) is 19.9 Å². The molecular formula is C16H28O4. The molecule has 0 aliphatic carbocycles. The van der Waals surface area contributed by atoms with Crippen LogP contribution in [0.3, 0.4) is 0 Å². The summed E-state index contributed by atoms with van der Waals surface area (Å²) in [6.07, 6.45) is 4.73. The molecule has 0 atom stereocenters. The molecule has 0 aromatic carbocycles. The minimum absolute atomic E-state index is 0.343. The number of hydrogen-bond acceptors (Lipinski definition) is 4. The Kier molecular flexibility index (Phi) is 11.0. The van der Waals surface area contributed by atoms with Gasteiger partial charge in [-0.3, -0.25) is 0 Å². The van der Waals surface area contributed by atoms with Crippen LogP contribution < -0.4 is 0 Å². The highest BCUT2D eigenvalue weighted by molar-refractivity contribution is 5.82. The highest BCUT2D eigenvalue weighted by Crippen LogP contribution is 2.17. The number of carbonyl (C=O) groups is 1. The van der Waals surface area contributed by atoms with Crippen molar-refractivity contribution in [2.24, 2.45) is 0 Å². The minimum Gasteiger partial charge on any atom is -0.463 e. The summed E-state index contributed by atoms with van der Waals surface area (Å²) < 4.78 is 16.1. The zero-order valence-corrected chi connectivity index (χ0v) is 13.4. The first-order chi connectivity index (χ1) is 9.54. The van der Waals surface area contributed by atoms with Crippen molar-refractivity contribution < 1.29 is 19.0 Å². The molecule has 0 unspecified atom stereocenters. The molecule has 0 saturated heterocycles. The van der Waals surface area contributed by atoms with Crippen LogP contribution in [-0.4, -0.2) is 32.1 Å². The first-order valence-corrected chi connectivity index (χ1v) is 7.28. The molecule has 4 heteroatoms. The number of allylic oxidation sites excluding steroid dienone is 2. The van der Waals surface area contributed by atoms with E-state index in [4.69, 9.17) is 14.2 Å². The van der Waals surface area contributed by atoms with Gasteiger partial charge in [0, 0.05) is 19.3 Å². The summed E-state index contributed by atoms with van der Waals surface area (Å²) in [5.74, 6) is -0.343. The Balaban J connectivity index is 4.90. The minimum atomic E-state index is -0.472. The van der Waals surface area contributed by atoms with E-state index in [1.807, 2.05) is 13.8 Å². The first kappa shape index (κ1) is 18.9. The largest absolute Gasteiger partial charge is 0.463 e. The number of rotatable bonds is 10. The maximum Gasteiger partial charge on any atom is 0.330 e. The van der Waals surface area contributed by atoms with E-state index in [-0.39, 0.29) is 5.97 Å². The number of hydrogen-bond donors (Lipinski definition) is 0. The van der Waals surface area contributed by atoms with Gasteiger partial charge in [-0.25, -0.2) is 4.79 Å². The van der Waals surface area contributed by atoms with Crippen LogP contribution in [0.1, 0.15) is 47.5 Å². The molecule has 0 fully saturated rings. The zero-order chi connectivity index (χ0) is 15.4. The molecular weight excluding hydrogens is 256 g/mol. The van der Waals surface area contributed by atoms with Crippen LogP contribution in [-0.2, 0) is 19.0 Å². The SMILES string of the molecule is CCOC(=O)C=C(CCC=C(C)C)C(OCC)OCC. The van der Waals surface area contributed by atoms with Crippen molar-refractivity contribution in [2.75, 3.05) is 19.8 Å². The van der Waals surface area contributed by atoms with Crippen LogP contribution in [0.2, 0.25) is 0 Å². The highest BCUT2D eigenvalue weighted by Gasteiger charge is 2.16. The fraction of sp³-hybridized carbons (Fsp3) is 0.688. The van der Waals surface area contributed by atoms with Gasteiger partial charge in [-0.1, -0.05) is 11.6 Å². The van der Waals surface area contributed by atoms with Gasteiger partial charge in [0.15, 0.2) is 6.29 Å². The molecule has 0 aromatic rings. The summed E-state index contributed by atoms with van der Waals surface area (Å²) >= 11 is 0. The van der Waals surface area contributed by atoms with Crippen LogP contribution in [0, 0.1) is 0 Å². The van der Waals surface area contributed by atoms with E-state index in [1.165, 1.54) is 11.6 Å². The maximum absolute atomic E-state index is 11.6. The van der Waals surface area contributed by atoms with Gasteiger partial charge in [0.25, 0.3) is 0 Å². The molecule has 0 amide bonds. The highest BCUT2D eigenvalue weighted by atomic mass is 16.7. The van der Waals surface area contributed by atoms with E-state index >= 15 is 0 Å². The molecule has 0 aliphatic heterocycles. The standard InChI is InChI=1S/C16H28O4/c1-6-18-15(17)12-14(11-9-10-13(4)5)16(19-7-2)20-8-3/h10,12,16H,6-9,11H2,1-5H3. The van der Waals surface area contributed by atoms with Crippen molar-refractivity contribution in [1.82, 2.24) is 0 Å². The summed E-state index contributed by atoms with van der Waals surface area (Å²) in [4.78, 5) is 11.6. The lowest BCUT2D eigenvalue weighted by Crippen LogP contribution is -2.21. The second kappa shape index (κ2) is 11.7. The van der Waals surface area contributed by atoms with E-state index in [0.717, 1.165) is 12.0 Å². The lowest BCUT2D eigenvalue weighted by Gasteiger charge is -2.20. The van der Waals surface area contributed by atoms with Crippen LogP contribution in [0.5, 0.6) is 0 Å². The summed E-state index contributed by atoms with van der Waals surface area (Å²) in [5, 5.41) is 0.